The van der Waals surface area contributed by atoms with Crippen LogP contribution < -0.4 is 0 Å². The molecule has 0 atom stereocenters. The van der Waals surface area contributed by atoms with Gasteiger partial charge in [-0.1, -0.05) is 18.2 Å². The van der Waals surface area contributed by atoms with E-state index in [0.29, 0.717) is 0 Å². The van der Waals surface area contributed by atoms with Crippen LogP contribution in [0.1, 0.15) is 0 Å². The van der Waals surface area contributed by atoms with Crippen LogP contribution in [-0.2, 0) is 0 Å². The van der Waals surface area contributed by atoms with Gasteiger partial charge in [0, 0.05) is 13.1 Å². The molecule has 0 radical (unpaired) electrons. The zero-order chi connectivity index (χ0) is 12.5. The molecule has 5 heteroatoms. The molecule has 0 unspecified atom stereocenters. The lowest BCUT2D eigenvalue weighted by molar-refractivity contribution is 0.530. The van der Waals surface area contributed by atoms with Gasteiger partial charge in [-0.15, -0.1) is 0 Å². The van der Waals surface area contributed by atoms with Crippen LogP contribution in [0, 0.1) is 0 Å². The van der Waals surface area contributed by atoms with Crippen LogP contribution in [0.25, 0.3) is 0 Å². The summed E-state index contributed by atoms with van der Waals surface area (Å²) < 4.78 is 12.1. The minimum absolute atomic E-state index is 1.06. The Morgan fingerprint density at radius 3 is 2.06 bits per heavy atom. The number of nitrogens with zero attached hydrogens (tertiary/aromatic N) is 4. The molecule has 1 aromatic rings. The fourth-order valence-electron chi connectivity index (χ4n) is 2.32. The Kier molecular flexibility index (Phi) is 3.69. The van der Waals surface area contributed by atoms with E-state index in [1.807, 2.05) is 18.2 Å². The molecule has 0 aliphatic carbocycles. The molecule has 1 aliphatic heterocycles. The first-order valence-electron chi connectivity index (χ1n) is 5.86. The maximum atomic E-state index is 5.04. The summed E-state index contributed by atoms with van der Waals surface area (Å²) in [6, 6.07) is 10.3. The Hall–Kier alpha value is -0.670. The number of benzene rings is 1. The van der Waals surface area contributed by atoms with Crippen molar-refractivity contribution in [2.24, 2.45) is 4.74 Å². The maximum absolute atomic E-state index is 5.04. The first kappa shape index (κ1) is 12.8. The minimum Gasteiger partial charge on any atom is -0.252 e. The molecule has 1 aliphatic rings. The lowest BCUT2D eigenvalue weighted by Crippen LogP contribution is -2.25. The third-order valence-corrected chi connectivity index (χ3v) is 7.01. The Bertz CT molecular complexity index is 415. The molecule has 1 fully saturated rings. The number of likely N-dealkylation sites (N-methyl/N-ethyl adjacent to an activating group) is 2. The normalized spacial score (nSPS) is 21.0. The van der Waals surface area contributed by atoms with Crippen molar-refractivity contribution >= 4 is 13.2 Å². The van der Waals surface area contributed by atoms with Crippen molar-refractivity contribution < 1.29 is 0 Å². The quantitative estimate of drug-likeness (QED) is 0.756. The summed E-state index contributed by atoms with van der Waals surface area (Å²) in [7, 11) is 6.89. The standard InChI is InChI=1S/C12H21N4P/c1-14(2)17(15(3)10-11-16(17)4)13-12-8-6-5-7-9-12/h5-9H,10-11H2,1-4H3. The van der Waals surface area contributed by atoms with E-state index in [2.05, 4.69) is 54.3 Å². The van der Waals surface area contributed by atoms with Gasteiger partial charge >= 0.3 is 0 Å². The smallest absolute Gasteiger partial charge is 0.172 e. The van der Waals surface area contributed by atoms with Crippen LogP contribution in [-0.4, -0.2) is 55.3 Å². The summed E-state index contributed by atoms with van der Waals surface area (Å²) in [5.74, 6) is 0. The summed E-state index contributed by atoms with van der Waals surface area (Å²) in [6.45, 7) is 2.16. The molecule has 0 aromatic heterocycles. The molecule has 0 saturated carbocycles. The van der Waals surface area contributed by atoms with Gasteiger partial charge in [0.15, 0.2) is 7.51 Å². The predicted molar refractivity (Wildman–Crippen MR) is 74.4 cm³/mol. The second-order valence-corrected chi connectivity index (χ2v) is 8.02. The van der Waals surface area contributed by atoms with Crippen molar-refractivity contribution in [3.05, 3.63) is 30.3 Å². The van der Waals surface area contributed by atoms with E-state index >= 15 is 0 Å². The first-order chi connectivity index (χ1) is 8.07. The van der Waals surface area contributed by atoms with Gasteiger partial charge in [0.05, 0.1) is 5.69 Å². The van der Waals surface area contributed by atoms with E-state index in [4.69, 9.17) is 4.74 Å². The topological polar surface area (TPSA) is 22.1 Å². The van der Waals surface area contributed by atoms with Crippen molar-refractivity contribution in [1.82, 2.24) is 14.0 Å². The van der Waals surface area contributed by atoms with E-state index in [1.165, 1.54) is 0 Å². The van der Waals surface area contributed by atoms with Crippen molar-refractivity contribution in [2.75, 3.05) is 41.3 Å². The highest BCUT2D eigenvalue weighted by atomic mass is 31.2. The van der Waals surface area contributed by atoms with Crippen molar-refractivity contribution in [2.45, 2.75) is 0 Å². The Morgan fingerprint density at radius 2 is 1.59 bits per heavy atom. The van der Waals surface area contributed by atoms with Crippen molar-refractivity contribution in [3.63, 3.8) is 0 Å². The summed E-state index contributed by atoms with van der Waals surface area (Å²) in [5, 5.41) is 0. The fourth-order valence-corrected chi connectivity index (χ4v) is 5.71. The van der Waals surface area contributed by atoms with Crippen LogP contribution in [0.4, 0.5) is 5.69 Å². The van der Waals surface area contributed by atoms with Gasteiger partial charge in [-0.2, -0.15) is 0 Å². The molecule has 94 valence electrons. The summed E-state index contributed by atoms with van der Waals surface area (Å²) >= 11 is 0. The van der Waals surface area contributed by atoms with Crippen LogP contribution in [0.5, 0.6) is 0 Å². The highest BCUT2D eigenvalue weighted by molar-refractivity contribution is 7.59. The van der Waals surface area contributed by atoms with Gasteiger partial charge in [-0.3, -0.25) is 4.67 Å². The summed E-state index contributed by atoms with van der Waals surface area (Å²) in [6.07, 6.45) is 0. The SMILES string of the molecule is CN(C)P1(=Nc2ccccc2)N(C)CCN1C. The highest BCUT2D eigenvalue weighted by Crippen LogP contribution is 2.60. The average molecular weight is 252 g/mol. The largest absolute Gasteiger partial charge is 0.252 e. The van der Waals surface area contributed by atoms with E-state index in [-0.39, 0.29) is 0 Å². The third-order valence-electron chi connectivity index (χ3n) is 3.21. The zero-order valence-corrected chi connectivity index (χ0v) is 11.9. The molecule has 4 nitrogen and oxygen atoms in total. The molecule has 17 heavy (non-hydrogen) atoms. The van der Waals surface area contributed by atoms with E-state index in [1.54, 1.807) is 0 Å². The van der Waals surface area contributed by atoms with E-state index in [9.17, 15) is 0 Å². The Morgan fingerprint density at radius 1 is 1.06 bits per heavy atom. The molecular formula is C12H21N4P. The van der Waals surface area contributed by atoms with E-state index < -0.39 is 7.51 Å². The average Bonchev–Trinajstić information content (AvgIpc) is 2.59. The molecule has 0 spiro atoms. The lowest BCUT2D eigenvalue weighted by Gasteiger charge is -2.36. The monoisotopic (exact) mass is 252 g/mol. The van der Waals surface area contributed by atoms with Gasteiger partial charge in [-0.25, -0.2) is 14.1 Å². The number of hydrogen-bond acceptors (Lipinski definition) is 1. The van der Waals surface area contributed by atoms with Crippen LogP contribution in [0.3, 0.4) is 0 Å². The fraction of sp³-hybridized carbons (Fsp3) is 0.500. The van der Waals surface area contributed by atoms with Crippen LogP contribution in [0.15, 0.2) is 35.1 Å². The summed E-state index contributed by atoms with van der Waals surface area (Å²) in [5.41, 5.74) is 1.06. The number of rotatable bonds is 2. The van der Waals surface area contributed by atoms with Gasteiger partial charge in [0.25, 0.3) is 0 Å². The van der Waals surface area contributed by atoms with Crippen LogP contribution in [0.2, 0.25) is 0 Å². The second-order valence-electron chi connectivity index (χ2n) is 4.58. The lowest BCUT2D eigenvalue weighted by atomic mass is 10.3. The maximum Gasteiger partial charge on any atom is 0.172 e. The molecule has 1 heterocycles. The van der Waals surface area contributed by atoms with Gasteiger partial charge in [0.1, 0.15) is 0 Å². The minimum atomic E-state index is -1.70. The molecular weight excluding hydrogens is 231 g/mol. The number of hydrogen-bond donors (Lipinski definition) is 0. The van der Waals surface area contributed by atoms with Gasteiger partial charge < -0.3 is 0 Å². The van der Waals surface area contributed by atoms with Crippen molar-refractivity contribution in [1.29, 1.82) is 0 Å². The molecule has 0 bridgehead atoms. The molecule has 2 rings (SSSR count). The predicted octanol–water partition coefficient (Wildman–Crippen LogP) is 2.70. The third kappa shape index (κ3) is 2.18. The van der Waals surface area contributed by atoms with E-state index in [0.717, 1.165) is 18.8 Å². The Balaban J connectivity index is 2.52. The van der Waals surface area contributed by atoms with Gasteiger partial charge in [0.2, 0.25) is 0 Å². The highest BCUT2D eigenvalue weighted by Gasteiger charge is 2.37. The second kappa shape index (κ2) is 4.91. The van der Waals surface area contributed by atoms with Crippen molar-refractivity contribution in [3.8, 4) is 0 Å². The Labute approximate surface area is 104 Å². The molecule has 0 N–H and O–H groups in total. The first-order valence-corrected chi connectivity index (χ1v) is 7.46. The molecule has 0 amide bonds. The zero-order valence-electron chi connectivity index (χ0n) is 11.0. The van der Waals surface area contributed by atoms with Crippen LogP contribution >= 0.6 is 7.51 Å². The van der Waals surface area contributed by atoms with Gasteiger partial charge in [-0.05, 0) is 40.3 Å². The molecule has 1 aromatic carbocycles. The summed E-state index contributed by atoms with van der Waals surface area (Å²) in [4.78, 5) is 0. The molecule has 1 saturated heterocycles.